The van der Waals surface area contributed by atoms with Gasteiger partial charge < -0.3 is 4.52 Å². The van der Waals surface area contributed by atoms with Gasteiger partial charge in [-0.2, -0.15) is 4.40 Å². The van der Waals surface area contributed by atoms with Crippen LogP contribution in [0.1, 0.15) is 33.0 Å². The quantitative estimate of drug-likeness (QED) is 0.804. The average Bonchev–Trinajstić information content (AvgIpc) is 2.57. The summed E-state index contributed by atoms with van der Waals surface area (Å²) in [6.45, 7) is 5.69. The van der Waals surface area contributed by atoms with Gasteiger partial charge in [0.1, 0.15) is 21.3 Å². The van der Waals surface area contributed by atoms with Crippen LogP contribution < -0.4 is 0 Å². The van der Waals surface area contributed by atoms with Crippen LogP contribution in [0.25, 0.3) is 0 Å². The first-order chi connectivity index (χ1) is 7.39. The Labute approximate surface area is 106 Å². The molecule has 1 aromatic heterocycles. The summed E-state index contributed by atoms with van der Waals surface area (Å²) < 4.78 is 20.9. The van der Waals surface area contributed by atoms with Crippen molar-refractivity contribution in [3.8, 4) is 0 Å². The van der Waals surface area contributed by atoms with E-state index in [4.69, 9.17) is 4.52 Å². The fourth-order valence-corrected chi connectivity index (χ4v) is 1.78. The molecule has 1 atom stereocenters. The molecular formula is C10H15BrN2O2S. The molecule has 0 fully saturated rings. The van der Waals surface area contributed by atoms with Crippen LogP contribution in [0.15, 0.2) is 19.6 Å². The van der Waals surface area contributed by atoms with E-state index in [9.17, 15) is 4.21 Å². The van der Waals surface area contributed by atoms with E-state index in [1.54, 1.807) is 6.21 Å². The molecule has 0 N–H and O–H groups in total. The number of nitrogens with zero attached hydrogens (tertiary/aromatic N) is 2. The Balaban J connectivity index is 2.36. The van der Waals surface area contributed by atoms with Gasteiger partial charge in [0, 0.05) is 18.7 Å². The summed E-state index contributed by atoms with van der Waals surface area (Å²) in [7, 11) is -1.18. The fourth-order valence-electron chi connectivity index (χ4n) is 0.891. The van der Waals surface area contributed by atoms with Crippen molar-refractivity contribution in [3.05, 3.63) is 16.4 Å². The van der Waals surface area contributed by atoms with E-state index < -0.39 is 11.0 Å². The first kappa shape index (κ1) is 13.6. The first-order valence-electron chi connectivity index (χ1n) is 4.95. The average molecular weight is 307 g/mol. The van der Waals surface area contributed by atoms with Gasteiger partial charge in [-0.1, -0.05) is 5.16 Å². The number of aryl methyl sites for hydroxylation is 1. The Kier molecular flexibility index (Phi) is 4.86. The van der Waals surface area contributed by atoms with E-state index in [1.165, 1.54) is 0 Å². The monoisotopic (exact) mass is 306 g/mol. The highest BCUT2D eigenvalue weighted by Crippen LogP contribution is 2.13. The van der Waals surface area contributed by atoms with Gasteiger partial charge in [-0.15, -0.1) is 0 Å². The Morgan fingerprint density at radius 1 is 1.62 bits per heavy atom. The van der Waals surface area contributed by atoms with Gasteiger partial charge in [-0.25, -0.2) is 4.21 Å². The van der Waals surface area contributed by atoms with Gasteiger partial charge >= 0.3 is 0 Å². The van der Waals surface area contributed by atoms with Gasteiger partial charge in [-0.3, -0.25) is 0 Å². The van der Waals surface area contributed by atoms with Gasteiger partial charge in [0.15, 0.2) is 0 Å². The molecule has 0 spiro atoms. The van der Waals surface area contributed by atoms with Crippen LogP contribution in [0.3, 0.4) is 0 Å². The molecule has 1 unspecified atom stereocenters. The van der Waals surface area contributed by atoms with Gasteiger partial charge in [0.2, 0.25) is 0 Å². The van der Waals surface area contributed by atoms with Crippen molar-refractivity contribution in [1.29, 1.82) is 0 Å². The molecule has 16 heavy (non-hydrogen) atoms. The third-order valence-corrected chi connectivity index (χ3v) is 3.51. The Hall–Kier alpha value is -0.490. The van der Waals surface area contributed by atoms with Crippen molar-refractivity contribution in [1.82, 2.24) is 5.16 Å². The van der Waals surface area contributed by atoms with Crippen LogP contribution in [0.5, 0.6) is 0 Å². The normalized spacial score (nSPS) is 14.5. The van der Waals surface area contributed by atoms with Crippen molar-refractivity contribution < 1.29 is 8.73 Å². The summed E-state index contributed by atoms with van der Waals surface area (Å²) in [4.78, 5) is 0. The van der Waals surface area contributed by atoms with Crippen molar-refractivity contribution in [2.24, 2.45) is 4.40 Å². The third kappa shape index (κ3) is 4.57. The summed E-state index contributed by atoms with van der Waals surface area (Å²) in [5.74, 6) is 0.792. The molecule has 4 nitrogen and oxygen atoms in total. The molecule has 0 bridgehead atoms. The second-order valence-electron chi connectivity index (χ2n) is 4.30. The number of halogens is 1. The van der Waals surface area contributed by atoms with Crippen LogP contribution >= 0.6 is 15.9 Å². The van der Waals surface area contributed by atoms with Gasteiger partial charge in [-0.05, 0) is 43.1 Å². The predicted octanol–water partition coefficient (Wildman–Crippen LogP) is 2.90. The third-order valence-electron chi connectivity index (χ3n) is 1.74. The van der Waals surface area contributed by atoms with Crippen molar-refractivity contribution in [3.63, 3.8) is 0 Å². The molecule has 1 rings (SSSR count). The highest BCUT2D eigenvalue weighted by Gasteiger charge is 2.17. The van der Waals surface area contributed by atoms with Crippen LogP contribution in [-0.2, 0) is 17.4 Å². The Morgan fingerprint density at radius 3 is 2.81 bits per heavy atom. The number of hydrogen-bond acceptors (Lipinski definition) is 3. The summed E-state index contributed by atoms with van der Waals surface area (Å²) in [6.07, 6.45) is 3.09. The summed E-state index contributed by atoms with van der Waals surface area (Å²) in [6, 6.07) is 1.81. The predicted molar refractivity (Wildman–Crippen MR) is 68.9 cm³/mol. The molecule has 1 aromatic rings. The molecule has 0 aliphatic heterocycles. The second-order valence-corrected chi connectivity index (χ2v) is 7.05. The maximum Gasteiger partial charge on any atom is 0.149 e. The smallest absolute Gasteiger partial charge is 0.149 e. The van der Waals surface area contributed by atoms with Crippen molar-refractivity contribution in [2.75, 3.05) is 0 Å². The summed E-state index contributed by atoms with van der Waals surface area (Å²) in [5, 5.41) is 3.71. The van der Waals surface area contributed by atoms with E-state index >= 15 is 0 Å². The maximum atomic E-state index is 11.5. The van der Waals surface area contributed by atoms with Crippen molar-refractivity contribution in [2.45, 2.75) is 38.4 Å². The molecular weight excluding hydrogens is 292 g/mol. The Bertz CT molecular complexity index is 396. The summed E-state index contributed by atoms with van der Waals surface area (Å²) >= 11 is 3.20. The van der Waals surface area contributed by atoms with E-state index in [2.05, 4.69) is 25.5 Å². The molecule has 1 heterocycles. The molecule has 0 aliphatic rings. The van der Waals surface area contributed by atoms with Crippen LogP contribution in [0.2, 0.25) is 0 Å². The molecule has 90 valence electrons. The lowest BCUT2D eigenvalue weighted by Crippen LogP contribution is -2.19. The highest BCUT2D eigenvalue weighted by atomic mass is 79.9. The lowest BCUT2D eigenvalue weighted by molar-refractivity contribution is 0.381. The topological polar surface area (TPSA) is 55.5 Å². The SMILES string of the molecule is CC(C)(C)S(=O)N=CCCc1cc(Br)no1. The number of rotatable bonds is 4. The van der Waals surface area contributed by atoms with Crippen molar-refractivity contribution >= 4 is 33.1 Å². The Morgan fingerprint density at radius 2 is 2.31 bits per heavy atom. The zero-order chi connectivity index (χ0) is 12.2. The standard InChI is InChI=1S/C10H15BrN2O2S/c1-10(2,3)16(14)12-6-4-5-8-7-9(11)13-15-8/h6-7H,4-5H2,1-3H3. The van der Waals surface area contributed by atoms with Crippen LogP contribution in [-0.4, -0.2) is 20.3 Å². The minimum absolute atomic E-state index is 0.300. The second kappa shape index (κ2) is 5.72. The van der Waals surface area contributed by atoms with E-state index in [0.717, 1.165) is 5.76 Å². The maximum absolute atomic E-state index is 11.5. The van der Waals surface area contributed by atoms with Gasteiger partial charge in [0.05, 0.1) is 4.75 Å². The van der Waals surface area contributed by atoms with E-state index in [0.29, 0.717) is 17.4 Å². The minimum atomic E-state index is -1.18. The zero-order valence-corrected chi connectivity index (χ0v) is 12.0. The molecule has 0 saturated carbocycles. The fraction of sp³-hybridized carbons (Fsp3) is 0.600. The molecule has 0 aromatic carbocycles. The van der Waals surface area contributed by atoms with Crippen LogP contribution in [0.4, 0.5) is 0 Å². The molecule has 6 heteroatoms. The molecule has 0 radical (unpaired) electrons. The van der Waals surface area contributed by atoms with E-state index in [-0.39, 0.29) is 4.75 Å². The zero-order valence-electron chi connectivity index (χ0n) is 9.57. The largest absolute Gasteiger partial charge is 0.360 e. The first-order valence-corrected chi connectivity index (χ1v) is 6.85. The van der Waals surface area contributed by atoms with Gasteiger partial charge in [0.25, 0.3) is 0 Å². The lowest BCUT2D eigenvalue weighted by atomic mass is 10.3. The number of aromatic nitrogens is 1. The number of hydrogen-bond donors (Lipinski definition) is 0. The highest BCUT2D eigenvalue weighted by molar-refractivity contribution is 9.10. The lowest BCUT2D eigenvalue weighted by Gasteiger charge is -2.12. The molecule has 0 saturated heterocycles. The summed E-state index contributed by atoms with van der Waals surface area (Å²) in [5.41, 5.74) is 0. The van der Waals surface area contributed by atoms with E-state index in [1.807, 2.05) is 26.8 Å². The molecule has 0 amide bonds. The minimum Gasteiger partial charge on any atom is -0.360 e. The van der Waals surface area contributed by atoms with Crippen LogP contribution in [0, 0.1) is 0 Å². The molecule has 0 aliphatic carbocycles.